The Morgan fingerprint density at radius 3 is 2.80 bits per heavy atom. The Bertz CT molecular complexity index is 1100. The normalized spacial score (nSPS) is 13.8. The number of halogens is 3. The van der Waals surface area contributed by atoms with Gasteiger partial charge in [-0.2, -0.15) is 13.2 Å². The van der Waals surface area contributed by atoms with Crippen molar-refractivity contribution in [2.45, 2.75) is 11.1 Å². The second kappa shape index (κ2) is 7.78. The zero-order valence-corrected chi connectivity index (χ0v) is 15.9. The molecule has 2 amide bonds. The van der Waals surface area contributed by atoms with Gasteiger partial charge in [-0.15, -0.1) is 22.0 Å². The highest BCUT2D eigenvalue weighted by Gasteiger charge is 2.34. The fourth-order valence-electron chi connectivity index (χ4n) is 2.81. The first-order chi connectivity index (χ1) is 14.3. The van der Waals surface area contributed by atoms with E-state index in [1.807, 2.05) is 0 Å². The molecule has 8 nitrogen and oxygen atoms in total. The van der Waals surface area contributed by atoms with Crippen molar-refractivity contribution in [3.05, 3.63) is 48.2 Å². The van der Waals surface area contributed by atoms with Gasteiger partial charge >= 0.3 is 6.18 Å². The van der Waals surface area contributed by atoms with E-state index in [1.54, 1.807) is 24.4 Å². The number of amides is 2. The molecule has 0 fully saturated rings. The lowest BCUT2D eigenvalue weighted by molar-refractivity contribution is -0.137. The number of H-pyrrole nitrogens is 1. The molecule has 0 radical (unpaired) electrons. The van der Waals surface area contributed by atoms with Gasteiger partial charge in [-0.3, -0.25) is 19.9 Å². The van der Waals surface area contributed by atoms with Crippen molar-refractivity contribution in [3.8, 4) is 11.5 Å². The van der Waals surface area contributed by atoms with Crippen LogP contribution in [0.5, 0.6) is 0 Å². The van der Waals surface area contributed by atoms with Crippen molar-refractivity contribution < 1.29 is 22.8 Å². The van der Waals surface area contributed by atoms with Crippen molar-refractivity contribution in [2.24, 2.45) is 0 Å². The monoisotopic (exact) mass is 434 g/mol. The van der Waals surface area contributed by atoms with E-state index in [9.17, 15) is 22.8 Å². The van der Waals surface area contributed by atoms with Gasteiger partial charge in [0, 0.05) is 11.1 Å². The zero-order valence-electron chi connectivity index (χ0n) is 15.1. The molecule has 0 spiro atoms. The third-order valence-electron chi connectivity index (χ3n) is 4.18. The second-order valence-corrected chi connectivity index (χ2v) is 7.25. The number of benzene rings is 1. The molecule has 2 N–H and O–H groups in total. The summed E-state index contributed by atoms with van der Waals surface area (Å²) in [5.74, 6) is -0.610. The van der Waals surface area contributed by atoms with E-state index >= 15 is 0 Å². The molecule has 3 aromatic rings. The summed E-state index contributed by atoms with van der Waals surface area (Å²) in [4.78, 5) is 33.0. The number of carbonyl (C=O) groups excluding carboxylic acids is 2. The maximum Gasteiger partial charge on any atom is 0.416 e. The van der Waals surface area contributed by atoms with Crippen LogP contribution in [-0.2, 0) is 15.8 Å². The van der Waals surface area contributed by atoms with Crippen LogP contribution in [0.1, 0.15) is 5.56 Å². The summed E-state index contributed by atoms with van der Waals surface area (Å²) in [6, 6.07) is 8.29. The first-order valence-electron chi connectivity index (χ1n) is 8.59. The molecule has 12 heteroatoms. The number of hydrogen-bond acceptors (Lipinski definition) is 6. The second-order valence-electron chi connectivity index (χ2n) is 6.23. The highest BCUT2D eigenvalue weighted by molar-refractivity contribution is 8.00. The SMILES string of the molecule is O=C(CN1C(=O)CSc2cc(C(F)(F)F)ccc21)Nc1nnc(-c2ccccn2)[nH]1. The van der Waals surface area contributed by atoms with Crippen LogP contribution in [0.25, 0.3) is 11.5 Å². The standard InChI is InChI=1S/C18H13F3N6O2S/c19-18(20,21)10-4-5-12-13(7-10)30-9-15(29)27(12)8-14(28)23-17-24-16(25-26-17)11-3-1-2-6-22-11/h1-7H,8-9H2,(H2,23,24,25,26,28). The smallest absolute Gasteiger partial charge is 0.306 e. The van der Waals surface area contributed by atoms with Gasteiger partial charge in [-0.05, 0) is 30.3 Å². The van der Waals surface area contributed by atoms with E-state index in [-0.39, 0.29) is 34.7 Å². The van der Waals surface area contributed by atoms with Crippen LogP contribution in [0, 0.1) is 0 Å². The maximum atomic E-state index is 12.9. The molecule has 1 aliphatic heterocycles. The third-order valence-corrected chi connectivity index (χ3v) is 5.21. The summed E-state index contributed by atoms with van der Waals surface area (Å²) in [5.41, 5.74) is -0.0227. The predicted molar refractivity (Wildman–Crippen MR) is 103 cm³/mol. The van der Waals surface area contributed by atoms with Gasteiger partial charge in [0.1, 0.15) is 12.2 Å². The first kappa shape index (κ1) is 19.9. The quantitative estimate of drug-likeness (QED) is 0.654. The van der Waals surface area contributed by atoms with E-state index in [0.717, 1.165) is 28.8 Å². The summed E-state index contributed by atoms with van der Waals surface area (Å²) in [6.45, 7) is -0.378. The fraction of sp³-hybridized carbons (Fsp3) is 0.167. The van der Waals surface area contributed by atoms with Crippen LogP contribution in [0.3, 0.4) is 0 Å². The number of fused-ring (bicyclic) bond motifs is 1. The van der Waals surface area contributed by atoms with E-state index in [1.165, 1.54) is 6.07 Å². The van der Waals surface area contributed by atoms with Gasteiger partial charge in [0.05, 0.1) is 17.0 Å². The Labute approximate surface area is 171 Å². The van der Waals surface area contributed by atoms with Crippen LogP contribution in [0.4, 0.5) is 24.8 Å². The molecule has 0 saturated carbocycles. The Morgan fingerprint density at radius 1 is 1.23 bits per heavy atom. The molecule has 4 rings (SSSR count). The summed E-state index contributed by atoms with van der Waals surface area (Å²) in [6.07, 6.45) is -2.91. The molecule has 0 aliphatic carbocycles. The molecule has 1 aliphatic rings. The molecule has 0 saturated heterocycles. The largest absolute Gasteiger partial charge is 0.416 e. The molecular weight excluding hydrogens is 421 g/mol. The van der Waals surface area contributed by atoms with Crippen molar-refractivity contribution in [2.75, 3.05) is 22.5 Å². The van der Waals surface area contributed by atoms with Gasteiger partial charge in [0.15, 0.2) is 5.82 Å². The lowest BCUT2D eigenvalue weighted by Gasteiger charge is -2.28. The van der Waals surface area contributed by atoms with E-state index in [4.69, 9.17) is 0 Å². The molecule has 30 heavy (non-hydrogen) atoms. The van der Waals surface area contributed by atoms with E-state index in [2.05, 4.69) is 25.5 Å². The maximum absolute atomic E-state index is 12.9. The number of rotatable bonds is 4. The number of aromatic amines is 1. The first-order valence-corrected chi connectivity index (χ1v) is 9.58. The highest BCUT2D eigenvalue weighted by Crippen LogP contribution is 2.39. The van der Waals surface area contributed by atoms with Gasteiger partial charge < -0.3 is 9.88 Å². The summed E-state index contributed by atoms with van der Waals surface area (Å²) >= 11 is 1.00. The van der Waals surface area contributed by atoms with Crippen LogP contribution < -0.4 is 10.2 Å². The average Bonchev–Trinajstić information content (AvgIpc) is 3.18. The van der Waals surface area contributed by atoms with Crippen molar-refractivity contribution >= 4 is 35.2 Å². The van der Waals surface area contributed by atoms with Crippen LogP contribution in [0.2, 0.25) is 0 Å². The summed E-state index contributed by atoms with van der Waals surface area (Å²) in [7, 11) is 0. The molecule has 0 unspecified atom stereocenters. The van der Waals surface area contributed by atoms with Crippen molar-refractivity contribution in [1.82, 2.24) is 20.2 Å². The number of carbonyl (C=O) groups is 2. The molecule has 2 aromatic heterocycles. The van der Waals surface area contributed by atoms with Crippen molar-refractivity contribution in [1.29, 1.82) is 0 Å². The van der Waals surface area contributed by atoms with E-state index in [0.29, 0.717) is 11.5 Å². The van der Waals surface area contributed by atoms with Crippen LogP contribution >= 0.6 is 11.8 Å². The number of hydrogen-bond donors (Lipinski definition) is 2. The van der Waals surface area contributed by atoms with Gasteiger partial charge in [-0.1, -0.05) is 6.07 Å². The number of thioether (sulfide) groups is 1. The zero-order chi connectivity index (χ0) is 21.3. The number of alkyl halides is 3. The predicted octanol–water partition coefficient (Wildman–Crippen LogP) is 2.96. The van der Waals surface area contributed by atoms with Gasteiger partial charge in [0.2, 0.25) is 17.8 Å². The Morgan fingerprint density at radius 2 is 2.07 bits per heavy atom. The molecule has 0 bridgehead atoms. The minimum Gasteiger partial charge on any atom is -0.306 e. The summed E-state index contributed by atoms with van der Waals surface area (Å²) < 4.78 is 38.8. The minimum atomic E-state index is -4.49. The van der Waals surface area contributed by atoms with Crippen LogP contribution in [-0.4, -0.2) is 44.3 Å². The molecule has 154 valence electrons. The minimum absolute atomic E-state index is 0.0618. The molecule has 3 heterocycles. The number of pyridine rings is 1. The Hall–Kier alpha value is -3.41. The molecule has 1 aromatic carbocycles. The summed E-state index contributed by atoms with van der Waals surface area (Å²) in [5, 5.41) is 10.2. The number of anilines is 2. The van der Waals surface area contributed by atoms with Crippen LogP contribution in [0.15, 0.2) is 47.5 Å². The average molecular weight is 434 g/mol. The number of nitrogens with zero attached hydrogens (tertiary/aromatic N) is 4. The van der Waals surface area contributed by atoms with Gasteiger partial charge in [-0.25, -0.2) is 0 Å². The topological polar surface area (TPSA) is 104 Å². The molecular formula is C18H13F3N6O2S. The molecule has 0 atom stereocenters. The van der Waals surface area contributed by atoms with Crippen molar-refractivity contribution in [3.63, 3.8) is 0 Å². The lowest BCUT2D eigenvalue weighted by Crippen LogP contribution is -2.41. The fourth-order valence-corrected chi connectivity index (χ4v) is 3.78. The van der Waals surface area contributed by atoms with Gasteiger partial charge in [0.25, 0.3) is 0 Å². The number of aromatic nitrogens is 4. The lowest BCUT2D eigenvalue weighted by atomic mass is 10.1. The Kier molecular flexibility index (Phi) is 5.16. The number of nitrogens with one attached hydrogen (secondary N) is 2. The highest BCUT2D eigenvalue weighted by atomic mass is 32.2. The van der Waals surface area contributed by atoms with E-state index < -0.39 is 17.6 Å². The Balaban J connectivity index is 1.49. The third kappa shape index (κ3) is 4.13.